The van der Waals surface area contributed by atoms with Crippen LogP contribution in [0, 0.1) is 17.0 Å². The smallest absolute Gasteiger partial charge is 0.168 e. The second kappa shape index (κ2) is 10.9. The van der Waals surface area contributed by atoms with Crippen molar-refractivity contribution >= 4 is 51.7 Å². The van der Waals surface area contributed by atoms with Crippen LogP contribution in [0.15, 0.2) is 61.6 Å². The van der Waals surface area contributed by atoms with Gasteiger partial charge in [0.05, 0.1) is 16.4 Å². The zero-order chi connectivity index (χ0) is 22.7. The van der Waals surface area contributed by atoms with E-state index in [-0.39, 0.29) is 52.5 Å². The highest BCUT2D eigenvalue weighted by molar-refractivity contribution is 14.0. The van der Waals surface area contributed by atoms with Gasteiger partial charge in [-0.2, -0.15) is 0 Å². The van der Waals surface area contributed by atoms with Crippen molar-refractivity contribution in [3.05, 3.63) is 95.7 Å². The van der Waals surface area contributed by atoms with Gasteiger partial charge in [-0.25, -0.2) is 8.78 Å². The average molecular weight is 578 g/mol. The molecule has 0 saturated carbocycles. The van der Waals surface area contributed by atoms with Crippen molar-refractivity contribution in [2.45, 2.75) is 12.8 Å². The van der Waals surface area contributed by atoms with Crippen molar-refractivity contribution < 1.29 is 13.5 Å². The van der Waals surface area contributed by atoms with Crippen LogP contribution in [0.3, 0.4) is 0 Å². The molecule has 0 amide bonds. The van der Waals surface area contributed by atoms with Gasteiger partial charge in [-0.05, 0) is 30.5 Å². The van der Waals surface area contributed by atoms with Gasteiger partial charge >= 0.3 is 0 Å². The molecule has 4 rings (SSSR count). The number of halogens is 3. The zero-order valence-electron chi connectivity index (χ0n) is 17.7. The van der Waals surface area contributed by atoms with Crippen LogP contribution >= 0.6 is 35.7 Å². The Labute approximate surface area is 211 Å². The minimum Gasteiger partial charge on any atom is -0.454 e. The first kappa shape index (κ1) is 24.8. The lowest BCUT2D eigenvalue weighted by Crippen LogP contribution is -2.02. The van der Waals surface area contributed by atoms with E-state index >= 15 is 4.39 Å². The van der Waals surface area contributed by atoms with Crippen LogP contribution in [0.1, 0.15) is 22.5 Å². The topological polar surface area (TPSA) is 74.7 Å². The minimum atomic E-state index is -0.558. The number of rotatable bonds is 7. The maximum Gasteiger partial charge on any atom is 0.168 e. The second-order valence-corrected chi connectivity index (χ2v) is 7.87. The maximum atomic E-state index is 15.1. The van der Waals surface area contributed by atoms with Crippen LogP contribution in [0.4, 0.5) is 8.78 Å². The number of thioether (sulfide) groups is 1. The molecule has 0 unspecified atom stereocenters. The molecule has 170 valence electrons. The van der Waals surface area contributed by atoms with E-state index in [2.05, 4.69) is 21.5 Å². The first-order valence-corrected chi connectivity index (χ1v) is 11.0. The van der Waals surface area contributed by atoms with E-state index in [4.69, 9.17) is 10.1 Å². The van der Waals surface area contributed by atoms with E-state index in [0.29, 0.717) is 23.2 Å². The molecule has 0 aliphatic heterocycles. The molecule has 0 bridgehead atoms. The van der Waals surface area contributed by atoms with Gasteiger partial charge in [-0.3, -0.25) is 15.4 Å². The van der Waals surface area contributed by atoms with E-state index < -0.39 is 11.6 Å². The van der Waals surface area contributed by atoms with Crippen molar-refractivity contribution in [1.82, 2.24) is 15.0 Å². The van der Waals surface area contributed by atoms with Gasteiger partial charge in [0.15, 0.2) is 11.6 Å². The highest BCUT2D eigenvalue weighted by Gasteiger charge is 2.19. The molecule has 4 aromatic rings. The molecule has 0 aliphatic rings. The molecule has 0 fully saturated rings. The Balaban J connectivity index is 0.00000306. The number of aromatic amines is 1. The Bertz CT molecular complexity index is 1310. The Kier molecular flexibility index (Phi) is 8.20. The molecular formula is C24H21F2IN4OS. The molecule has 5 nitrogen and oxygen atoms in total. The first-order valence-electron chi connectivity index (χ1n) is 9.79. The number of H-pyrrole nitrogens is 1. The quantitative estimate of drug-likeness (QED) is 0.111. The molecule has 0 radical (unpaired) electrons. The monoisotopic (exact) mass is 578 g/mol. The molecule has 2 aromatic heterocycles. The van der Waals surface area contributed by atoms with Crippen molar-refractivity contribution in [3.8, 4) is 11.5 Å². The molecule has 2 heterocycles. The number of fused-ring (bicyclic) bond motifs is 1. The van der Waals surface area contributed by atoms with E-state index in [0.717, 1.165) is 22.8 Å². The highest BCUT2D eigenvalue weighted by atomic mass is 127. The summed E-state index contributed by atoms with van der Waals surface area (Å²) in [6.45, 7) is 3.70. The first-order chi connectivity index (χ1) is 15.5. The predicted molar refractivity (Wildman–Crippen MR) is 139 cm³/mol. The Morgan fingerprint density at radius 1 is 1.15 bits per heavy atom. The van der Waals surface area contributed by atoms with Gasteiger partial charge < -0.3 is 9.72 Å². The second-order valence-electron chi connectivity index (χ2n) is 7.05. The molecule has 2 aromatic carbocycles. The van der Waals surface area contributed by atoms with Crippen LogP contribution in [0.2, 0.25) is 0 Å². The third-order valence-corrected chi connectivity index (χ3v) is 5.57. The van der Waals surface area contributed by atoms with Gasteiger partial charge in [-0.1, -0.05) is 6.08 Å². The summed E-state index contributed by atoms with van der Waals surface area (Å²) in [6.07, 6.45) is 9.39. The Hall–Kier alpha value is -2.79. The van der Waals surface area contributed by atoms with Crippen molar-refractivity contribution in [3.63, 3.8) is 0 Å². The Morgan fingerprint density at radius 3 is 2.61 bits per heavy atom. The molecule has 2 N–H and O–H groups in total. The highest BCUT2D eigenvalue weighted by Crippen LogP contribution is 2.36. The van der Waals surface area contributed by atoms with Crippen molar-refractivity contribution in [2.75, 3.05) is 6.26 Å². The van der Waals surface area contributed by atoms with Crippen LogP contribution in [0.25, 0.3) is 10.9 Å². The summed E-state index contributed by atoms with van der Waals surface area (Å²) in [5, 5.41) is 8.78. The summed E-state index contributed by atoms with van der Waals surface area (Å²) in [4.78, 5) is 11.8. The number of hydrogen-bond donors (Lipinski definition) is 2. The average Bonchev–Trinajstić information content (AvgIpc) is 3.26. The lowest BCUT2D eigenvalue weighted by atomic mass is 10.0. The molecule has 9 heteroatoms. The molecule has 33 heavy (non-hydrogen) atoms. The maximum absolute atomic E-state index is 15.1. The van der Waals surface area contributed by atoms with Gasteiger partial charge in [0.2, 0.25) is 0 Å². The SMILES string of the molecule is C=CCc1cnc(Cc2c(Oc3ccc(F)c(C(=N)SC)c3)c(F)cc3[nH]ccc23)cn1.I. The summed E-state index contributed by atoms with van der Waals surface area (Å²) in [6, 6.07) is 7.24. The van der Waals surface area contributed by atoms with E-state index in [1.807, 2.05) is 6.07 Å². The van der Waals surface area contributed by atoms with Crippen LogP contribution in [0.5, 0.6) is 11.5 Å². The fourth-order valence-electron chi connectivity index (χ4n) is 3.39. The lowest BCUT2D eigenvalue weighted by Gasteiger charge is -2.15. The molecule has 0 atom stereocenters. The van der Waals surface area contributed by atoms with E-state index in [1.54, 1.807) is 30.9 Å². The number of hydrogen-bond acceptors (Lipinski definition) is 5. The number of nitrogens with zero attached hydrogens (tertiary/aromatic N) is 2. The molecule has 0 saturated heterocycles. The number of aromatic nitrogens is 3. The van der Waals surface area contributed by atoms with E-state index in [9.17, 15) is 4.39 Å². The number of nitrogens with one attached hydrogen (secondary N) is 2. The van der Waals surface area contributed by atoms with E-state index in [1.165, 1.54) is 24.3 Å². The summed E-state index contributed by atoms with van der Waals surface area (Å²) in [7, 11) is 0. The predicted octanol–water partition coefficient (Wildman–Crippen LogP) is 6.65. The standard InChI is InChI=1S/C24H20F2N4OS.HI/c1-3-4-14-12-30-15(13-29-14)9-18-17-7-8-28-22(17)11-21(26)23(18)31-16-5-6-20(25)19(10-16)24(27)32-2;/h3,5-8,10-13,27-28H,1,4,9H2,2H3;1H. The summed E-state index contributed by atoms with van der Waals surface area (Å²) >= 11 is 1.11. The fraction of sp³-hybridized carbons (Fsp3) is 0.125. The fourth-order valence-corrected chi connectivity index (χ4v) is 3.76. The Morgan fingerprint density at radius 2 is 1.91 bits per heavy atom. The summed E-state index contributed by atoms with van der Waals surface area (Å²) < 4.78 is 35.2. The van der Waals surface area contributed by atoms with Gasteiger partial charge in [-0.15, -0.1) is 42.3 Å². The van der Waals surface area contributed by atoms with Gasteiger partial charge in [0.25, 0.3) is 0 Å². The van der Waals surface area contributed by atoms with Crippen molar-refractivity contribution in [1.29, 1.82) is 5.41 Å². The molecular weight excluding hydrogens is 557 g/mol. The number of allylic oxidation sites excluding steroid dienone is 1. The minimum absolute atomic E-state index is 0. The molecule has 0 spiro atoms. The third-order valence-electron chi connectivity index (χ3n) is 4.94. The largest absolute Gasteiger partial charge is 0.454 e. The number of benzene rings is 2. The summed E-state index contributed by atoms with van der Waals surface area (Å²) in [5.41, 5.74) is 2.77. The number of ether oxygens (including phenoxy) is 1. The normalized spacial score (nSPS) is 10.6. The van der Waals surface area contributed by atoms with Crippen molar-refractivity contribution in [2.24, 2.45) is 0 Å². The summed E-state index contributed by atoms with van der Waals surface area (Å²) in [5.74, 6) is -0.824. The molecule has 0 aliphatic carbocycles. The van der Waals surface area contributed by atoms with Gasteiger partial charge in [0.1, 0.15) is 11.6 Å². The van der Waals surface area contributed by atoms with Crippen LogP contribution < -0.4 is 4.74 Å². The lowest BCUT2D eigenvalue weighted by molar-refractivity contribution is 0.437. The zero-order valence-corrected chi connectivity index (χ0v) is 20.8. The van der Waals surface area contributed by atoms with Crippen LogP contribution in [-0.2, 0) is 12.8 Å². The van der Waals surface area contributed by atoms with Gasteiger partial charge in [0, 0.05) is 59.5 Å². The van der Waals surface area contributed by atoms with Crippen LogP contribution in [-0.4, -0.2) is 26.3 Å². The third kappa shape index (κ3) is 5.41.